The van der Waals surface area contributed by atoms with Crippen molar-refractivity contribution in [3.63, 3.8) is 0 Å². The van der Waals surface area contributed by atoms with Crippen LogP contribution in [0.25, 0.3) is 0 Å². The third kappa shape index (κ3) is 7.12. The zero-order valence-corrected chi connectivity index (χ0v) is 18.6. The Balaban J connectivity index is 0.00000364. The number of hydrogen-bond acceptors (Lipinski definition) is 3. The molecule has 1 amide bonds. The molecular formula is C19H28IN5O2. The number of aromatic nitrogens is 1. The summed E-state index contributed by atoms with van der Waals surface area (Å²) in [6, 6.07) is 11.7. The molecule has 0 saturated heterocycles. The van der Waals surface area contributed by atoms with Crippen molar-refractivity contribution < 1.29 is 9.53 Å². The molecule has 0 aliphatic rings. The number of hydrogen-bond donors (Lipinski definition) is 2. The van der Waals surface area contributed by atoms with Crippen LogP contribution in [-0.2, 0) is 24.9 Å². The largest absolute Gasteiger partial charge is 0.453 e. The first-order valence-electron chi connectivity index (χ1n) is 8.57. The second-order valence-electron chi connectivity index (χ2n) is 5.95. The third-order valence-corrected chi connectivity index (χ3v) is 3.94. The average Bonchev–Trinajstić information content (AvgIpc) is 3.04. The zero-order chi connectivity index (χ0) is 18.9. The summed E-state index contributed by atoms with van der Waals surface area (Å²) >= 11 is 0. The molecule has 148 valence electrons. The van der Waals surface area contributed by atoms with Gasteiger partial charge in [0.2, 0.25) is 0 Å². The van der Waals surface area contributed by atoms with E-state index in [1.54, 1.807) is 0 Å². The van der Waals surface area contributed by atoms with Gasteiger partial charge in [0.25, 0.3) is 0 Å². The molecule has 0 unspecified atom stereocenters. The van der Waals surface area contributed by atoms with Crippen LogP contribution >= 0.6 is 24.0 Å². The number of carbonyl (C=O) groups excluding carboxylic acids is 1. The normalized spacial score (nSPS) is 10.7. The van der Waals surface area contributed by atoms with Crippen LogP contribution in [0.4, 0.5) is 10.5 Å². The molecule has 8 heteroatoms. The number of halogens is 1. The Morgan fingerprint density at radius 2 is 1.96 bits per heavy atom. The van der Waals surface area contributed by atoms with E-state index in [4.69, 9.17) is 4.99 Å². The van der Waals surface area contributed by atoms with Crippen molar-refractivity contribution in [2.45, 2.75) is 20.0 Å². The summed E-state index contributed by atoms with van der Waals surface area (Å²) in [7, 11) is 5.40. The van der Waals surface area contributed by atoms with E-state index in [9.17, 15) is 4.79 Å². The van der Waals surface area contributed by atoms with E-state index >= 15 is 0 Å². The van der Waals surface area contributed by atoms with Gasteiger partial charge in [-0.3, -0.25) is 5.32 Å². The quantitative estimate of drug-likeness (QED) is 0.374. The third-order valence-electron chi connectivity index (χ3n) is 3.94. The number of aliphatic imine (C=N–C) groups is 1. The number of carbonyl (C=O) groups is 1. The van der Waals surface area contributed by atoms with Crippen LogP contribution in [-0.4, -0.2) is 42.2 Å². The molecule has 1 aromatic heterocycles. The minimum absolute atomic E-state index is 0. The predicted octanol–water partition coefficient (Wildman–Crippen LogP) is 3.42. The first kappa shape index (κ1) is 22.8. The van der Waals surface area contributed by atoms with Crippen LogP contribution < -0.4 is 10.6 Å². The van der Waals surface area contributed by atoms with Gasteiger partial charge in [0.1, 0.15) is 0 Å². The Labute approximate surface area is 177 Å². The van der Waals surface area contributed by atoms with E-state index < -0.39 is 6.09 Å². The molecule has 0 atom stereocenters. The molecule has 0 aliphatic heterocycles. The topological polar surface area (TPSA) is 70.9 Å². The van der Waals surface area contributed by atoms with Crippen molar-refractivity contribution in [1.29, 1.82) is 0 Å². The molecule has 0 aliphatic carbocycles. The Kier molecular flexibility index (Phi) is 9.70. The summed E-state index contributed by atoms with van der Waals surface area (Å²) in [5, 5.41) is 5.96. The Bertz CT molecular complexity index is 743. The van der Waals surface area contributed by atoms with Gasteiger partial charge >= 0.3 is 6.09 Å². The minimum Gasteiger partial charge on any atom is -0.453 e. The Morgan fingerprint density at radius 3 is 2.52 bits per heavy atom. The number of rotatable bonds is 6. The highest BCUT2D eigenvalue weighted by atomic mass is 127. The summed E-state index contributed by atoms with van der Waals surface area (Å²) in [4.78, 5) is 18.0. The summed E-state index contributed by atoms with van der Waals surface area (Å²) in [6.45, 7) is 4.19. The number of guanidine groups is 1. The SMILES string of the molecule is CCNC(=NCc1ccc(NC(=O)OC)cc1)N(C)Cc1cccn1C.I. The van der Waals surface area contributed by atoms with Crippen LogP contribution in [0.3, 0.4) is 0 Å². The van der Waals surface area contributed by atoms with Crippen LogP contribution in [0, 0.1) is 0 Å². The van der Waals surface area contributed by atoms with Gasteiger partial charge in [-0.2, -0.15) is 0 Å². The van der Waals surface area contributed by atoms with E-state index in [0.29, 0.717) is 12.2 Å². The lowest BCUT2D eigenvalue weighted by atomic mass is 10.2. The lowest BCUT2D eigenvalue weighted by Gasteiger charge is -2.22. The number of methoxy groups -OCH3 is 1. The number of nitrogens with zero attached hydrogens (tertiary/aromatic N) is 3. The van der Waals surface area contributed by atoms with Gasteiger partial charge in [0, 0.05) is 38.2 Å². The first-order valence-corrected chi connectivity index (χ1v) is 8.57. The molecule has 0 saturated carbocycles. The Morgan fingerprint density at radius 1 is 1.26 bits per heavy atom. The molecule has 0 fully saturated rings. The van der Waals surface area contributed by atoms with E-state index in [-0.39, 0.29) is 24.0 Å². The molecular weight excluding hydrogens is 457 g/mol. The number of ether oxygens (including phenoxy) is 1. The predicted molar refractivity (Wildman–Crippen MR) is 120 cm³/mol. The molecule has 2 rings (SSSR count). The molecule has 2 aromatic rings. The van der Waals surface area contributed by atoms with Gasteiger partial charge in [-0.25, -0.2) is 9.79 Å². The average molecular weight is 485 g/mol. The van der Waals surface area contributed by atoms with Crippen molar-refractivity contribution in [2.24, 2.45) is 12.0 Å². The van der Waals surface area contributed by atoms with Crippen LogP contribution in [0.15, 0.2) is 47.6 Å². The van der Waals surface area contributed by atoms with Gasteiger partial charge < -0.3 is 19.5 Å². The fourth-order valence-electron chi connectivity index (χ4n) is 2.48. The maximum absolute atomic E-state index is 11.2. The van der Waals surface area contributed by atoms with Crippen molar-refractivity contribution in [1.82, 2.24) is 14.8 Å². The van der Waals surface area contributed by atoms with E-state index in [2.05, 4.69) is 37.8 Å². The van der Waals surface area contributed by atoms with Crippen molar-refractivity contribution >= 4 is 41.7 Å². The van der Waals surface area contributed by atoms with E-state index in [0.717, 1.165) is 24.6 Å². The molecule has 1 heterocycles. The van der Waals surface area contributed by atoms with Crippen molar-refractivity contribution in [3.8, 4) is 0 Å². The maximum atomic E-state index is 11.2. The number of aryl methyl sites for hydroxylation is 1. The smallest absolute Gasteiger partial charge is 0.411 e. The zero-order valence-electron chi connectivity index (χ0n) is 16.2. The maximum Gasteiger partial charge on any atom is 0.411 e. The van der Waals surface area contributed by atoms with Gasteiger partial charge in [-0.1, -0.05) is 12.1 Å². The van der Waals surface area contributed by atoms with Crippen LogP contribution in [0.5, 0.6) is 0 Å². The van der Waals surface area contributed by atoms with Gasteiger partial charge in [-0.15, -0.1) is 24.0 Å². The Hall–Kier alpha value is -2.23. The minimum atomic E-state index is -0.479. The fourth-order valence-corrected chi connectivity index (χ4v) is 2.48. The van der Waals surface area contributed by atoms with Gasteiger partial charge in [0.15, 0.2) is 5.96 Å². The highest BCUT2D eigenvalue weighted by molar-refractivity contribution is 14.0. The standard InChI is InChI=1S/C19H27N5O2.HI/c1-5-20-18(24(3)14-17-7-6-12-23(17)2)21-13-15-8-10-16(11-9-15)22-19(25)26-4;/h6-12H,5,13-14H2,1-4H3,(H,20,21)(H,22,25);1H. The lowest BCUT2D eigenvalue weighted by molar-refractivity contribution is 0.187. The highest BCUT2D eigenvalue weighted by Crippen LogP contribution is 2.11. The molecule has 2 N–H and O–H groups in total. The summed E-state index contributed by atoms with van der Waals surface area (Å²) in [6.07, 6.45) is 1.56. The monoisotopic (exact) mass is 485 g/mol. The first-order chi connectivity index (χ1) is 12.5. The van der Waals surface area contributed by atoms with Gasteiger partial charge in [0.05, 0.1) is 20.2 Å². The molecule has 27 heavy (non-hydrogen) atoms. The lowest BCUT2D eigenvalue weighted by Crippen LogP contribution is -2.38. The molecule has 1 aromatic carbocycles. The summed E-state index contributed by atoms with van der Waals surface area (Å²) in [5.41, 5.74) is 2.97. The van der Waals surface area contributed by atoms with Gasteiger partial charge in [-0.05, 0) is 36.8 Å². The molecule has 0 radical (unpaired) electrons. The molecule has 7 nitrogen and oxygen atoms in total. The second kappa shape index (κ2) is 11.5. The van der Waals surface area contributed by atoms with E-state index in [1.807, 2.05) is 50.6 Å². The van der Waals surface area contributed by atoms with Crippen molar-refractivity contribution in [2.75, 3.05) is 26.0 Å². The summed E-state index contributed by atoms with van der Waals surface area (Å²) < 4.78 is 6.68. The molecule has 0 spiro atoms. The number of benzene rings is 1. The fraction of sp³-hybridized carbons (Fsp3) is 0.368. The molecule has 0 bridgehead atoms. The van der Waals surface area contributed by atoms with Crippen molar-refractivity contribution in [3.05, 3.63) is 53.9 Å². The van der Waals surface area contributed by atoms with Crippen LogP contribution in [0.2, 0.25) is 0 Å². The number of anilines is 1. The number of amides is 1. The number of nitrogens with one attached hydrogen (secondary N) is 2. The highest BCUT2D eigenvalue weighted by Gasteiger charge is 2.08. The van der Waals surface area contributed by atoms with E-state index in [1.165, 1.54) is 12.8 Å². The summed E-state index contributed by atoms with van der Waals surface area (Å²) in [5.74, 6) is 0.852. The van der Waals surface area contributed by atoms with Crippen LogP contribution in [0.1, 0.15) is 18.2 Å². The second-order valence-corrected chi connectivity index (χ2v) is 5.95.